The molecule has 120 valence electrons. The van der Waals surface area contributed by atoms with E-state index in [4.69, 9.17) is 0 Å². The predicted molar refractivity (Wildman–Crippen MR) is 84.6 cm³/mol. The van der Waals surface area contributed by atoms with Gasteiger partial charge in [-0.15, -0.1) is 0 Å². The van der Waals surface area contributed by atoms with Crippen LogP contribution in [0.5, 0.6) is 0 Å². The lowest BCUT2D eigenvalue weighted by molar-refractivity contribution is -0.122. The predicted octanol–water partition coefficient (Wildman–Crippen LogP) is 3.59. The molecular formula is C18H25NO3. The van der Waals surface area contributed by atoms with E-state index in [1.54, 1.807) is 12.1 Å². The fourth-order valence-electron chi connectivity index (χ4n) is 3.17. The second-order valence-electron chi connectivity index (χ2n) is 6.31. The minimum atomic E-state index is -0.406. The molecule has 1 aliphatic carbocycles. The number of ether oxygens (including phenoxy) is 1. The van der Waals surface area contributed by atoms with Crippen LogP contribution in [-0.4, -0.2) is 23.8 Å². The largest absolute Gasteiger partial charge is 0.465 e. The molecule has 1 aliphatic rings. The van der Waals surface area contributed by atoms with Crippen molar-refractivity contribution < 1.29 is 14.3 Å². The summed E-state index contributed by atoms with van der Waals surface area (Å²) in [5.74, 6) is 0.632. The maximum absolute atomic E-state index is 12.3. The lowest BCUT2D eigenvalue weighted by atomic mass is 9.81. The average Bonchev–Trinajstić information content (AvgIpc) is 2.55. The Morgan fingerprint density at radius 1 is 1.27 bits per heavy atom. The zero-order valence-electron chi connectivity index (χ0n) is 13.5. The van der Waals surface area contributed by atoms with Crippen LogP contribution in [0.1, 0.15) is 61.5 Å². The van der Waals surface area contributed by atoms with Crippen LogP contribution in [0.15, 0.2) is 18.3 Å². The SMILES string of the molecule is COC(=O)c1ccc(CC(=O)C(C)CC2CCCCC2)nc1. The van der Waals surface area contributed by atoms with Gasteiger partial charge in [0.1, 0.15) is 5.78 Å². The Bertz CT molecular complexity index is 504. The van der Waals surface area contributed by atoms with Gasteiger partial charge in [-0.2, -0.15) is 0 Å². The molecule has 22 heavy (non-hydrogen) atoms. The first-order valence-corrected chi connectivity index (χ1v) is 8.16. The van der Waals surface area contributed by atoms with Gasteiger partial charge in [0, 0.05) is 24.2 Å². The maximum Gasteiger partial charge on any atom is 0.339 e. The normalized spacial score (nSPS) is 17.0. The molecule has 0 aliphatic heterocycles. The number of ketones is 1. The number of methoxy groups -OCH3 is 1. The molecule has 2 rings (SSSR count). The van der Waals surface area contributed by atoms with Crippen LogP contribution in [0.2, 0.25) is 0 Å². The molecule has 1 atom stereocenters. The molecular weight excluding hydrogens is 278 g/mol. The number of nitrogens with zero attached hydrogens (tertiary/aromatic N) is 1. The van der Waals surface area contributed by atoms with E-state index in [1.807, 2.05) is 6.92 Å². The van der Waals surface area contributed by atoms with Gasteiger partial charge in [0.2, 0.25) is 0 Å². The fraction of sp³-hybridized carbons (Fsp3) is 0.611. The molecule has 1 aromatic rings. The second kappa shape index (κ2) is 8.06. The third-order valence-electron chi connectivity index (χ3n) is 4.56. The fourth-order valence-corrected chi connectivity index (χ4v) is 3.17. The van der Waals surface area contributed by atoms with Crippen LogP contribution in [-0.2, 0) is 16.0 Å². The van der Waals surface area contributed by atoms with E-state index in [0.29, 0.717) is 23.6 Å². The highest BCUT2D eigenvalue weighted by Gasteiger charge is 2.21. The van der Waals surface area contributed by atoms with E-state index in [2.05, 4.69) is 9.72 Å². The second-order valence-corrected chi connectivity index (χ2v) is 6.31. The zero-order chi connectivity index (χ0) is 15.9. The number of hydrogen-bond donors (Lipinski definition) is 0. The highest BCUT2D eigenvalue weighted by molar-refractivity contribution is 5.89. The number of rotatable bonds is 6. The van der Waals surface area contributed by atoms with Crippen molar-refractivity contribution in [2.24, 2.45) is 11.8 Å². The van der Waals surface area contributed by atoms with Gasteiger partial charge in [-0.3, -0.25) is 9.78 Å². The van der Waals surface area contributed by atoms with Gasteiger partial charge in [0.15, 0.2) is 0 Å². The Hall–Kier alpha value is -1.71. The Kier molecular flexibility index (Phi) is 6.10. The van der Waals surface area contributed by atoms with Crippen molar-refractivity contribution in [2.75, 3.05) is 7.11 Å². The van der Waals surface area contributed by atoms with Crippen LogP contribution >= 0.6 is 0 Å². The van der Waals surface area contributed by atoms with Crippen molar-refractivity contribution >= 4 is 11.8 Å². The van der Waals surface area contributed by atoms with Gasteiger partial charge in [-0.1, -0.05) is 39.0 Å². The highest BCUT2D eigenvalue weighted by atomic mass is 16.5. The third-order valence-corrected chi connectivity index (χ3v) is 4.56. The van der Waals surface area contributed by atoms with E-state index in [0.717, 1.165) is 6.42 Å². The van der Waals surface area contributed by atoms with Crippen molar-refractivity contribution in [3.8, 4) is 0 Å². The van der Waals surface area contributed by atoms with Crippen molar-refractivity contribution in [1.82, 2.24) is 4.98 Å². The van der Waals surface area contributed by atoms with Crippen molar-refractivity contribution in [3.63, 3.8) is 0 Å². The van der Waals surface area contributed by atoms with E-state index >= 15 is 0 Å². The summed E-state index contributed by atoms with van der Waals surface area (Å²) >= 11 is 0. The molecule has 0 aromatic carbocycles. The van der Waals surface area contributed by atoms with Crippen molar-refractivity contribution in [3.05, 3.63) is 29.6 Å². The topological polar surface area (TPSA) is 56.3 Å². The van der Waals surface area contributed by atoms with E-state index in [1.165, 1.54) is 45.4 Å². The van der Waals surface area contributed by atoms with Gasteiger partial charge < -0.3 is 4.74 Å². The summed E-state index contributed by atoms with van der Waals surface area (Å²) in [4.78, 5) is 27.9. The monoisotopic (exact) mass is 303 g/mol. The summed E-state index contributed by atoms with van der Waals surface area (Å²) in [6.07, 6.45) is 9.31. The quantitative estimate of drug-likeness (QED) is 0.754. The third kappa shape index (κ3) is 4.65. The Morgan fingerprint density at radius 3 is 2.59 bits per heavy atom. The highest BCUT2D eigenvalue weighted by Crippen LogP contribution is 2.29. The Morgan fingerprint density at radius 2 is 2.00 bits per heavy atom. The minimum absolute atomic E-state index is 0.0881. The first-order valence-electron chi connectivity index (χ1n) is 8.16. The smallest absolute Gasteiger partial charge is 0.339 e. The average molecular weight is 303 g/mol. The molecule has 0 radical (unpaired) electrons. The molecule has 0 N–H and O–H groups in total. The molecule has 4 heteroatoms. The molecule has 0 amide bonds. The summed E-state index contributed by atoms with van der Waals surface area (Å²) in [7, 11) is 1.34. The van der Waals surface area contributed by atoms with Gasteiger partial charge in [-0.05, 0) is 24.5 Å². The van der Waals surface area contributed by atoms with Gasteiger partial charge in [0.05, 0.1) is 12.7 Å². The van der Waals surface area contributed by atoms with Crippen molar-refractivity contribution in [2.45, 2.75) is 51.9 Å². The first kappa shape index (κ1) is 16.7. The van der Waals surface area contributed by atoms with E-state index in [-0.39, 0.29) is 11.7 Å². The molecule has 1 aromatic heterocycles. The minimum Gasteiger partial charge on any atom is -0.465 e. The Balaban J connectivity index is 1.86. The number of pyridine rings is 1. The zero-order valence-corrected chi connectivity index (χ0v) is 13.5. The molecule has 1 heterocycles. The number of carbonyl (C=O) groups is 2. The Labute approximate surface area is 132 Å². The molecule has 0 spiro atoms. The van der Waals surface area contributed by atoms with Crippen LogP contribution in [0, 0.1) is 11.8 Å². The lowest BCUT2D eigenvalue weighted by Crippen LogP contribution is -2.19. The maximum atomic E-state index is 12.3. The molecule has 1 fully saturated rings. The molecule has 0 saturated heterocycles. The molecule has 1 saturated carbocycles. The molecule has 1 unspecified atom stereocenters. The lowest BCUT2D eigenvalue weighted by Gasteiger charge is -2.24. The van der Waals surface area contributed by atoms with Crippen LogP contribution < -0.4 is 0 Å². The van der Waals surface area contributed by atoms with E-state index < -0.39 is 5.97 Å². The number of esters is 1. The van der Waals surface area contributed by atoms with Crippen LogP contribution in [0.3, 0.4) is 0 Å². The first-order chi connectivity index (χ1) is 10.6. The standard InChI is InChI=1S/C18H25NO3/c1-13(10-14-6-4-3-5-7-14)17(20)11-16-9-8-15(12-19-16)18(21)22-2/h8-9,12-14H,3-7,10-11H2,1-2H3. The molecule has 0 bridgehead atoms. The summed E-state index contributed by atoms with van der Waals surface area (Å²) in [5, 5.41) is 0. The molecule has 4 nitrogen and oxygen atoms in total. The summed E-state index contributed by atoms with van der Waals surface area (Å²) in [6.45, 7) is 2.03. The summed E-state index contributed by atoms with van der Waals surface area (Å²) in [5.41, 5.74) is 1.13. The summed E-state index contributed by atoms with van der Waals surface area (Å²) in [6, 6.07) is 3.39. The number of carbonyl (C=O) groups excluding carboxylic acids is 2. The number of aromatic nitrogens is 1. The van der Waals surface area contributed by atoms with Crippen LogP contribution in [0.25, 0.3) is 0 Å². The number of Topliss-reactive ketones (excluding diaryl/α,β-unsaturated/α-hetero) is 1. The van der Waals surface area contributed by atoms with Crippen LogP contribution in [0.4, 0.5) is 0 Å². The van der Waals surface area contributed by atoms with Gasteiger partial charge in [0.25, 0.3) is 0 Å². The van der Waals surface area contributed by atoms with Gasteiger partial charge in [-0.25, -0.2) is 4.79 Å². The summed E-state index contributed by atoms with van der Waals surface area (Å²) < 4.78 is 4.63. The number of hydrogen-bond acceptors (Lipinski definition) is 4. The van der Waals surface area contributed by atoms with Crippen molar-refractivity contribution in [1.29, 1.82) is 0 Å². The van der Waals surface area contributed by atoms with Gasteiger partial charge >= 0.3 is 5.97 Å². The van der Waals surface area contributed by atoms with E-state index in [9.17, 15) is 9.59 Å².